The van der Waals surface area contributed by atoms with E-state index in [1.54, 1.807) is 4.90 Å². The van der Waals surface area contributed by atoms with Gasteiger partial charge in [-0.25, -0.2) is 19.6 Å². The van der Waals surface area contributed by atoms with Crippen LogP contribution >= 0.6 is 0 Å². The lowest BCUT2D eigenvalue weighted by Crippen LogP contribution is -2.38. The molecular formula is C22H26N4O5. The largest absolute Gasteiger partial charge is 0.466 e. The number of hydrogen-bond donors (Lipinski definition) is 0. The van der Waals surface area contributed by atoms with Crippen molar-refractivity contribution in [1.29, 1.82) is 0 Å². The summed E-state index contributed by atoms with van der Waals surface area (Å²) < 4.78 is 15.2. The van der Waals surface area contributed by atoms with E-state index in [0.717, 1.165) is 17.1 Å². The number of hydrogen-bond acceptors (Lipinski definition) is 9. The minimum atomic E-state index is -0.633. The van der Waals surface area contributed by atoms with Crippen molar-refractivity contribution in [3.05, 3.63) is 53.0 Å². The second-order valence-electron chi connectivity index (χ2n) is 6.93. The molecule has 2 aromatic rings. The van der Waals surface area contributed by atoms with E-state index in [2.05, 4.69) is 9.97 Å². The second kappa shape index (κ2) is 9.57. The summed E-state index contributed by atoms with van der Waals surface area (Å²) in [7, 11) is 2.52. The molecule has 3 rings (SSSR count). The Hall–Kier alpha value is -3.46. The van der Waals surface area contributed by atoms with Gasteiger partial charge in [0.1, 0.15) is 12.4 Å². The number of esters is 2. The third-order valence-corrected chi connectivity index (χ3v) is 4.83. The number of carbonyl (C=O) groups excluding carboxylic acids is 2. The number of nitrogens with zero attached hydrogens (tertiary/aromatic N) is 4. The molecule has 0 N–H and O–H groups in total. The van der Waals surface area contributed by atoms with E-state index in [9.17, 15) is 9.59 Å². The van der Waals surface area contributed by atoms with Crippen LogP contribution in [0.2, 0.25) is 0 Å². The molecule has 9 heteroatoms. The number of methoxy groups -OCH3 is 2. The summed E-state index contributed by atoms with van der Waals surface area (Å²) in [5.41, 5.74) is 3.58. The number of aromatic nitrogens is 2. The first kappa shape index (κ1) is 22.2. The lowest BCUT2D eigenvalue weighted by Gasteiger charge is -2.31. The summed E-state index contributed by atoms with van der Waals surface area (Å²) in [4.78, 5) is 37.3. The SMILES string of the molecule is CCN(c1ccc(N2COCC(C(=O)OC)=C2C(=O)OC)cc1)c1nc(C)cc(C)n1. The maximum absolute atomic E-state index is 12.4. The summed E-state index contributed by atoms with van der Waals surface area (Å²) >= 11 is 0. The molecule has 0 saturated heterocycles. The van der Waals surface area contributed by atoms with Crippen molar-refractivity contribution in [2.24, 2.45) is 0 Å². The Kier molecular flexibility index (Phi) is 6.86. The van der Waals surface area contributed by atoms with Crippen molar-refractivity contribution < 1.29 is 23.8 Å². The first-order valence-electron chi connectivity index (χ1n) is 9.84. The highest BCUT2D eigenvalue weighted by Crippen LogP contribution is 2.30. The average Bonchev–Trinajstić information content (AvgIpc) is 2.78. The number of rotatable bonds is 6. The maximum atomic E-state index is 12.4. The fourth-order valence-corrected chi connectivity index (χ4v) is 3.43. The van der Waals surface area contributed by atoms with E-state index >= 15 is 0 Å². The minimum absolute atomic E-state index is 0.0284. The Morgan fingerprint density at radius 1 is 1.06 bits per heavy atom. The third kappa shape index (κ3) is 4.66. The molecule has 0 aliphatic carbocycles. The van der Waals surface area contributed by atoms with Crippen LogP contribution < -0.4 is 9.80 Å². The zero-order chi connectivity index (χ0) is 22.5. The molecule has 2 heterocycles. The molecule has 1 aromatic heterocycles. The number of ether oxygens (including phenoxy) is 3. The van der Waals surface area contributed by atoms with Crippen LogP contribution in [-0.2, 0) is 23.8 Å². The van der Waals surface area contributed by atoms with E-state index in [1.165, 1.54) is 14.2 Å². The van der Waals surface area contributed by atoms with Crippen LogP contribution in [0.5, 0.6) is 0 Å². The predicted molar refractivity (Wildman–Crippen MR) is 115 cm³/mol. The van der Waals surface area contributed by atoms with Gasteiger partial charge in [0.2, 0.25) is 5.95 Å². The lowest BCUT2D eigenvalue weighted by molar-refractivity contribution is -0.140. The summed E-state index contributed by atoms with van der Waals surface area (Å²) in [6.45, 7) is 6.64. The van der Waals surface area contributed by atoms with Gasteiger partial charge in [0.15, 0.2) is 0 Å². The van der Waals surface area contributed by atoms with E-state index < -0.39 is 11.9 Å². The molecule has 9 nitrogen and oxygen atoms in total. The van der Waals surface area contributed by atoms with Crippen LogP contribution in [0.1, 0.15) is 18.3 Å². The summed E-state index contributed by atoms with van der Waals surface area (Å²) in [6, 6.07) is 9.42. The van der Waals surface area contributed by atoms with Crippen molar-refractivity contribution in [1.82, 2.24) is 9.97 Å². The van der Waals surface area contributed by atoms with E-state index in [0.29, 0.717) is 18.2 Å². The maximum Gasteiger partial charge on any atom is 0.355 e. The molecule has 1 aromatic carbocycles. The molecule has 31 heavy (non-hydrogen) atoms. The topological polar surface area (TPSA) is 94.1 Å². The van der Waals surface area contributed by atoms with Gasteiger partial charge >= 0.3 is 11.9 Å². The average molecular weight is 426 g/mol. The number of benzene rings is 1. The molecule has 164 valence electrons. The normalized spacial score (nSPS) is 13.8. The van der Waals surface area contributed by atoms with Gasteiger partial charge in [0.05, 0.1) is 26.4 Å². The van der Waals surface area contributed by atoms with Gasteiger partial charge in [0, 0.05) is 29.3 Å². The smallest absolute Gasteiger partial charge is 0.355 e. The van der Waals surface area contributed by atoms with Crippen LogP contribution in [0.25, 0.3) is 0 Å². The monoisotopic (exact) mass is 426 g/mol. The van der Waals surface area contributed by atoms with Crippen LogP contribution in [0.4, 0.5) is 17.3 Å². The molecule has 0 radical (unpaired) electrons. The van der Waals surface area contributed by atoms with E-state index in [4.69, 9.17) is 14.2 Å². The molecular weight excluding hydrogens is 400 g/mol. The molecule has 0 amide bonds. The van der Waals surface area contributed by atoms with Gasteiger partial charge in [-0.3, -0.25) is 0 Å². The summed E-state index contributed by atoms with van der Waals surface area (Å²) in [6.07, 6.45) is 0. The highest BCUT2D eigenvalue weighted by molar-refractivity contribution is 6.03. The predicted octanol–water partition coefficient (Wildman–Crippen LogP) is 2.65. The van der Waals surface area contributed by atoms with Crippen molar-refractivity contribution in [2.75, 3.05) is 43.9 Å². The van der Waals surface area contributed by atoms with Gasteiger partial charge in [-0.2, -0.15) is 0 Å². The Labute approximate surface area is 181 Å². The van der Waals surface area contributed by atoms with Gasteiger partial charge < -0.3 is 24.0 Å². The number of anilines is 3. The van der Waals surface area contributed by atoms with Gasteiger partial charge in [0.25, 0.3) is 0 Å². The van der Waals surface area contributed by atoms with Gasteiger partial charge in [-0.05, 0) is 51.1 Å². The Bertz CT molecular complexity index is 983. The first-order chi connectivity index (χ1) is 14.9. The van der Waals surface area contributed by atoms with Crippen LogP contribution in [0.3, 0.4) is 0 Å². The highest BCUT2D eigenvalue weighted by Gasteiger charge is 2.32. The minimum Gasteiger partial charge on any atom is -0.466 e. The Morgan fingerprint density at radius 3 is 2.23 bits per heavy atom. The summed E-state index contributed by atoms with van der Waals surface area (Å²) in [5.74, 6) is -0.644. The molecule has 1 aliphatic heterocycles. The number of carbonyl (C=O) groups is 2. The molecule has 0 atom stereocenters. The molecule has 0 spiro atoms. The molecule has 0 unspecified atom stereocenters. The number of aryl methyl sites for hydroxylation is 2. The van der Waals surface area contributed by atoms with Crippen LogP contribution in [0, 0.1) is 13.8 Å². The molecule has 0 fully saturated rings. The fourth-order valence-electron chi connectivity index (χ4n) is 3.43. The van der Waals surface area contributed by atoms with Crippen molar-refractivity contribution in [2.45, 2.75) is 20.8 Å². The van der Waals surface area contributed by atoms with Crippen molar-refractivity contribution >= 4 is 29.3 Å². The lowest BCUT2D eigenvalue weighted by atomic mass is 10.1. The zero-order valence-electron chi connectivity index (χ0n) is 18.3. The standard InChI is InChI=1S/C22H26N4O5/c1-6-25(22-23-14(2)11-15(3)24-22)16-7-9-17(10-8-16)26-13-31-12-18(20(27)29-4)19(26)21(28)30-5/h7-11H,6,12-13H2,1-5H3. The molecule has 0 saturated carbocycles. The van der Waals surface area contributed by atoms with E-state index in [-0.39, 0.29) is 24.6 Å². The third-order valence-electron chi connectivity index (χ3n) is 4.83. The van der Waals surface area contributed by atoms with Crippen LogP contribution in [0.15, 0.2) is 41.6 Å². The van der Waals surface area contributed by atoms with Crippen LogP contribution in [-0.4, -0.2) is 56.0 Å². The van der Waals surface area contributed by atoms with E-state index in [1.807, 2.05) is 56.0 Å². The Morgan fingerprint density at radius 2 is 1.68 bits per heavy atom. The van der Waals surface area contributed by atoms with Gasteiger partial charge in [-0.1, -0.05) is 0 Å². The second-order valence-corrected chi connectivity index (χ2v) is 6.93. The van der Waals surface area contributed by atoms with Crippen molar-refractivity contribution in [3.8, 4) is 0 Å². The van der Waals surface area contributed by atoms with Gasteiger partial charge in [-0.15, -0.1) is 0 Å². The first-order valence-corrected chi connectivity index (χ1v) is 9.84. The highest BCUT2D eigenvalue weighted by atomic mass is 16.5. The quantitative estimate of drug-likeness (QED) is 0.646. The zero-order valence-corrected chi connectivity index (χ0v) is 18.3. The Balaban J connectivity index is 1.97. The summed E-state index contributed by atoms with van der Waals surface area (Å²) in [5, 5.41) is 0. The van der Waals surface area contributed by atoms with Crippen molar-refractivity contribution in [3.63, 3.8) is 0 Å². The molecule has 0 bridgehead atoms. The fraction of sp³-hybridized carbons (Fsp3) is 0.364. The molecule has 1 aliphatic rings.